The molecule has 2 fully saturated rings. The van der Waals surface area contributed by atoms with Gasteiger partial charge in [0.25, 0.3) is 5.56 Å². The second-order valence-electron chi connectivity index (χ2n) is 10.4. The monoisotopic (exact) mass is 596 g/mol. The summed E-state index contributed by atoms with van der Waals surface area (Å²) >= 11 is 1.17. The average Bonchev–Trinajstić information content (AvgIpc) is 3.73. The third-order valence-corrected chi connectivity index (χ3v) is 9.16. The molecule has 3 aromatic heterocycles. The number of hydrogen-bond donors (Lipinski definition) is 1. The second kappa shape index (κ2) is 11.2. The van der Waals surface area contributed by atoms with Gasteiger partial charge in [0, 0.05) is 30.5 Å². The predicted molar refractivity (Wildman–Crippen MR) is 151 cm³/mol. The standard InChI is InChI=1S/C28H29FN6O6S/c1-15-23-25(38)34(20-9-10-30-24(20)37)28(39)33(27(23)42-26(15)35-31-11-12-32-35)14-22(41-18-6-4-17(36)5-7-18)19-13-16(29)3-8-21(19)40-2/h3,8,11-13,18,20,22H,4-7,9-10,14H2,1-2H3,(H,30,37)/t20-,22-/m0/s1. The van der Waals surface area contributed by atoms with Gasteiger partial charge in [-0.1, -0.05) is 11.3 Å². The minimum atomic E-state index is -0.973. The summed E-state index contributed by atoms with van der Waals surface area (Å²) in [7, 11) is 1.46. The number of aromatic nitrogens is 5. The summed E-state index contributed by atoms with van der Waals surface area (Å²) < 4.78 is 29.1. The Hall–Kier alpha value is -4.17. The number of hydrogen-bond acceptors (Lipinski definition) is 9. The summed E-state index contributed by atoms with van der Waals surface area (Å²) in [5.74, 6) is -0.399. The maximum atomic E-state index is 14.6. The maximum absolute atomic E-state index is 14.6. The summed E-state index contributed by atoms with van der Waals surface area (Å²) in [6.45, 7) is 1.97. The summed E-state index contributed by atoms with van der Waals surface area (Å²) in [6, 6.07) is 3.09. The molecular formula is C28H29FN6O6S. The van der Waals surface area contributed by atoms with Crippen molar-refractivity contribution in [1.82, 2.24) is 29.4 Å². The lowest BCUT2D eigenvalue weighted by atomic mass is 9.96. The zero-order valence-electron chi connectivity index (χ0n) is 23.0. The fourth-order valence-corrected chi connectivity index (χ4v) is 6.97. The third-order valence-electron chi connectivity index (χ3n) is 7.88. The number of thiophene rings is 1. The number of halogens is 1. The number of nitrogens with zero attached hydrogens (tertiary/aromatic N) is 5. The molecule has 0 spiro atoms. The zero-order valence-corrected chi connectivity index (χ0v) is 23.9. The van der Waals surface area contributed by atoms with Crippen LogP contribution in [0.5, 0.6) is 5.75 Å². The van der Waals surface area contributed by atoms with Gasteiger partial charge in [0.15, 0.2) is 0 Å². The molecule has 1 saturated heterocycles. The van der Waals surface area contributed by atoms with Crippen molar-refractivity contribution in [3.63, 3.8) is 0 Å². The van der Waals surface area contributed by atoms with Crippen LogP contribution in [-0.2, 0) is 20.9 Å². The number of benzene rings is 1. The van der Waals surface area contributed by atoms with E-state index in [4.69, 9.17) is 9.47 Å². The number of amides is 1. The highest BCUT2D eigenvalue weighted by Crippen LogP contribution is 2.36. The number of carbonyl (C=O) groups excluding carboxylic acids is 2. The number of ether oxygens (including phenoxy) is 2. The van der Waals surface area contributed by atoms with Crippen molar-refractivity contribution in [1.29, 1.82) is 0 Å². The molecule has 1 amide bonds. The number of carbonyl (C=O) groups is 2. The fraction of sp³-hybridized carbons (Fsp3) is 0.429. The summed E-state index contributed by atoms with van der Waals surface area (Å²) in [6.07, 6.45) is 3.82. The first-order chi connectivity index (χ1) is 20.3. The Bertz CT molecular complexity index is 1780. The van der Waals surface area contributed by atoms with Gasteiger partial charge >= 0.3 is 5.69 Å². The zero-order chi connectivity index (χ0) is 29.5. The van der Waals surface area contributed by atoms with E-state index in [0.29, 0.717) is 58.9 Å². The van der Waals surface area contributed by atoms with Crippen LogP contribution in [0.4, 0.5) is 4.39 Å². The van der Waals surface area contributed by atoms with E-state index < -0.39 is 35.1 Å². The highest BCUT2D eigenvalue weighted by molar-refractivity contribution is 7.21. The van der Waals surface area contributed by atoms with E-state index in [1.54, 1.807) is 6.92 Å². The van der Waals surface area contributed by atoms with Crippen LogP contribution in [0.15, 0.2) is 40.2 Å². The van der Waals surface area contributed by atoms with E-state index in [0.717, 1.165) is 4.57 Å². The van der Waals surface area contributed by atoms with E-state index in [9.17, 15) is 23.6 Å². The molecule has 0 unspecified atom stereocenters. The van der Waals surface area contributed by atoms with Gasteiger partial charge in [-0.15, -0.1) is 4.80 Å². The van der Waals surface area contributed by atoms with Crippen molar-refractivity contribution < 1.29 is 23.5 Å². The number of methoxy groups -OCH3 is 1. The molecule has 14 heteroatoms. The van der Waals surface area contributed by atoms with Gasteiger partial charge < -0.3 is 14.8 Å². The van der Waals surface area contributed by atoms with Gasteiger partial charge in [-0.25, -0.2) is 13.8 Å². The van der Waals surface area contributed by atoms with Crippen LogP contribution in [0, 0.1) is 12.7 Å². The fourth-order valence-electron chi connectivity index (χ4n) is 5.75. The molecule has 1 aliphatic heterocycles. The molecule has 12 nitrogen and oxygen atoms in total. The van der Waals surface area contributed by atoms with Crippen molar-refractivity contribution >= 4 is 33.2 Å². The van der Waals surface area contributed by atoms with E-state index in [1.165, 1.54) is 58.4 Å². The van der Waals surface area contributed by atoms with E-state index in [2.05, 4.69) is 15.5 Å². The Balaban J connectivity index is 1.55. The van der Waals surface area contributed by atoms with Gasteiger partial charge in [0.05, 0.1) is 37.5 Å². The van der Waals surface area contributed by atoms with E-state index >= 15 is 0 Å². The first kappa shape index (κ1) is 28.0. The molecule has 2 atom stereocenters. The first-order valence-electron chi connectivity index (χ1n) is 13.7. The quantitative estimate of drug-likeness (QED) is 0.328. The number of fused-ring (bicyclic) bond motifs is 1. The minimum absolute atomic E-state index is 0.111. The summed E-state index contributed by atoms with van der Waals surface area (Å²) in [5, 5.41) is 11.9. The number of ketones is 1. The van der Waals surface area contributed by atoms with Crippen molar-refractivity contribution in [3.05, 3.63) is 68.4 Å². The molecule has 1 saturated carbocycles. The van der Waals surface area contributed by atoms with Gasteiger partial charge in [-0.3, -0.25) is 19.0 Å². The molecule has 0 bridgehead atoms. The predicted octanol–water partition coefficient (Wildman–Crippen LogP) is 2.59. The van der Waals surface area contributed by atoms with Gasteiger partial charge in [-0.05, 0) is 44.4 Å². The number of aryl methyl sites for hydroxylation is 1. The molecule has 4 heterocycles. The highest BCUT2D eigenvalue weighted by atomic mass is 32.1. The number of Topliss-reactive ketones (excluding diaryl/α,β-unsaturated/α-hetero) is 1. The first-order valence-corrected chi connectivity index (χ1v) is 14.5. The molecule has 2 aliphatic rings. The molecule has 1 aromatic carbocycles. The van der Waals surface area contributed by atoms with Crippen molar-refractivity contribution in [3.8, 4) is 10.8 Å². The molecule has 220 valence electrons. The highest BCUT2D eigenvalue weighted by Gasteiger charge is 2.33. The van der Waals surface area contributed by atoms with Crippen LogP contribution >= 0.6 is 11.3 Å². The van der Waals surface area contributed by atoms with Crippen LogP contribution in [0.25, 0.3) is 15.2 Å². The normalized spacial score (nSPS) is 18.5. The minimum Gasteiger partial charge on any atom is -0.496 e. The molecule has 6 rings (SSSR count). The molecule has 1 N–H and O–H groups in total. The smallest absolute Gasteiger partial charge is 0.332 e. The van der Waals surface area contributed by atoms with Gasteiger partial charge in [0.2, 0.25) is 5.91 Å². The Morgan fingerprint density at radius 1 is 1.12 bits per heavy atom. The van der Waals surface area contributed by atoms with Crippen LogP contribution in [-0.4, -0.2) is 55.6 Å². The lowest BCUT2D eigenvalue weighted by molar-refractivity contribution is -0.125. The Morgan fingerprint density at radius 3 is 2.52 bits per heavy atom. The van der Waals surface area contributed by atoms with Crippen LogP contribution < -0.4 is 21.3 Å². The lowest BCUT2D eigenvalue weighted by Crippen LogP contribution is -2.44. The molecule has 42 heavy (non-hydrogen) atoms. The number of rotatable bonds is 8. The average molecular weight is 597 g/mol. The van der Waals surface area contributed by atoms with Gasteiger partial charge in [0.1, 0.15) is 39.3 Å². The summed E-state index contributed by atoms with van der Waals surface area (Å²) in [4.78, 5) is 54.4. The van der Waals surface area contributed by atoms with Crippen molar-refractivity contribution in [2.24, 2.45) is 0 Å². The topological polar surface area (TPSA) is 139 Å². The van der Waals surface area contributed by atoms with E-state index in [1.807, 2.05) is 0 Å². The van der Waals surface area contributed by atoms with E-state index in [-0.39, 0.29) is 30.2 Å². The van der Waals surface area contributed by atoms with Crippen molar-refractivity contribution in [2.75, 3.05) is 13.7 Å². The van der Waals surface area contributed by atoms with Gasteiger partial charge in [-0.2, -0.15) is 10.2 Å². The SMILES string of the molecule is COc1ccc(F)cc1[C@H](Cn1c(=O)n([C@H]2CCNC2=O)c(=O)c2c(C)c(-n3nccn3)sc21)OC1CCC(=O)CC1. The largest absolute Gasteiger partial charge is 0.496 e. The molecule has 0 radical (unpaired) electrons. The summed E-state index contributed by atoms with van der Waals surface area (Å²) in [5.41, 5.74) is -0.317. The Morgan fingerprint density at radius 2 is 1.86 bits per heavy atom. The number of nitrogens with one attached hydrogen (secondary N) is 1. The molecular weight excluding hydrogens is 567 g/mol. The van der Waals surface area contributed by atoms with Crippen molar-refractivity contribution in [2.45, 2.75) is 63.8 Å². The van der Waals surface area contributed by atoms with Crippen LogP contribution in [0.1, 0.15) is 55.4 Å². The van der Waals surface area contributed by atoms with Crippen LogP contribution in [0.3, 0.4) is 0 Å². The maximum Gasteiger partial charge on any atom is 0.332 e. The second-order valence-corrected chi connectivity index (χ2v) is 11.4. The molecule has 1 aliphatic carbocycles. The Kier molecular flexibility index (Phi) is 7.49. The molecule has 4 aromatic rings. The van der Waals surface area contributed by atoms with Crippen LogP contribution in [0.2, 0.25) is 0 Å². The lowest BCUT2D eigenvalue weighted by Gasteiger charge is -2.29. The Labute approximate surface area is 242 Å². The third kappa shape index (κ3) is 4.94.